The molecule has 1 aliphatic rings. The molecule has 0 bridgehead atoms. The van der Waals surface area contributed by atoms with E-state index in [0.717, 1.165) is 48.8 Å². The van der Waals surface area contributed by atoms with Crippen molar-refractivity contribution in [3.05, 3.63) is 47.9 Å². The van der Waals surface area contributed by atoms with E-state index >= 15 is 0 Å². The maximum atomic E-state index is 12.3. The summed E-state index contributed by atoms with van der Waals surface area (Å²) in [5, 5.41) is 3.00. The third-order valence-corrected chi connectivity index (χ3v) is 4.12. The molecule has 1 fully saturated rings. The molecule has 0 radical (unpaired) electrons. The first-order valence-electron chi connectivity index (χ1n) is 8.21. The van der Waals surface area contributed by atoms with Crippen molar-refractivity contribution in [1.29, 1.82) is 0 Å². The van der Waals surface area contributed by atoms with Gasteiger partial charge in [0.1, 0.15) is 5.82 Å². The SMILES string of the molecule is Cc1cc(C)cc(NC(=O)CN2CCN(c3cnccn3)CC2)c1. The Morgan fingerprint density at radius 2 is 1.79 bits per heavy atom. The number of benzene rings is 1. The van der Waals surface area contributed by atoms with E-state index in [4.69, 9.17) is 0 Å². The van der Waals surface area contributed by atoms with Crippen molar-refractivity contribution >= 4 is 17.4 Å². The normalized spacial score (nSPS) is 15.3. The summed E-state index contributed by atoms with van der Waals surface area (Å²) < 4.78 is 0. The molecule has 0 atom stereocenters. The van der Waals surface area contributed by atoms with Crippen LogP contribution in [0, 0.1) is 13.8 Å². The molecule has 2 heterocycles. The third-order valence-electron chi connectivity index (χ3n) is 4.12. The maximum absolute atomic E-state index is 12.3. The van der Waals surface area contributed by atoms with Crippen molar-refractivity contribution in [2.45, 2.75) is 13.8 Å². The van der Waals surface area contributed by atoms with E-state index in [1.165, 1.54) is 0 Å². The molecule has 0 spiro atoms. The number of nitrogens with zero attached hydrogens (tertiary/aromatic N) is 4. The van der Waals surface area contributed by atoms with Gasteiger partial charge in [-0.15, -0.1) is 0 Å². The van der Waals surface area contributed by atoms with Crippen LogP contribution in [0.3, 0.4) is 0 Å². The zero-order valence-electron chi connectivity index (χ0n) is 14.2. The molecule has 1 aromatic heterocycles. The number of rotatable bonds is 4. The molecular weight excluding hydrogens is 302 g/mol. The van der Waals surface area contributed by atoms with Crippen LogP contribution in [0.25, 0.3) is 0 Å². The summed E-state index contributed by atoms with van der Waals surface area (Å²) in [6.45, 7) is 7.89. The Morgan fingerprint density at radius 1 is 1.08 bits per heavy atom. The number of amides is 1. The minimum Gasteiger partial charge on any atom is -0.353 e. The number of carbonyl (C=O) groups is 1. The van der Waals surface area contributed by atoms with Crippen LogP contribution in [0.4, 0.5) is 11.5 Å². The molecule has 0 saturated carbocycles. The largest absolute Gasteiger partial charge is 0.353 e. The molecule has 24 heavy (non-hydrogen) atoms. The summed E-state index contributed by atoms with van der Waals surface area (Å²) in [5.74, 6) is 0.935. The molecule has 3 rings (SSSR count). The number of aromatic nitrogens is 2. The summed E-state index contributed by atoms with van der Waals surface area (Å²) in [4.78, 5) is 25.1. The summed E-state index contributed by atoms with van der Waals surface area (Å²) in [6.07, 6.45) is 5.17. The van der Waals surface area contributed by atoms with Crippen LogP contribution in [0.1, 0.15) is 11.1 Å². The van der Waals surface area contributed by atoms with E-state index in [0.29, 0.717) is 6.54 Å². The molecule has 1 aromatic carbocycles. The molecular formula is C18H23N5O. The molecule has 2 aromatic rings. The second kappa shape index (κ2) is 7.40. The zero-order chi connectivity index (χ0) is 16.9. The lowest BCUT2D eigenvalue weighted by atomic mass is 10.1. The summed E-state index contributed by atoms with van der Waals surface area (Å²) in [5.41, 5.74) is 3.18. The Hall–Kier alpha value is -2.47. The van der Waals surface area contributed by atoms with Gasteiger partial charge in [0.15, 0.2) is 0 Å². The smallest absolute Gasteiger partial charge is 0.238 e. The Kier molecular flexibility index (Phi) is 5.05. The molecule has 0 aliphatic carbocycles. The van der Waals surface area contributed by atoms with Crippen LogP contribution in [0.15, 0.2) is 36.8 Å². The summed E-state index contributed by atoms with van der Waals surface area (Å²) in [6, 6.07) is 6.09. The maximum Gasteiger partial charge on any atom is 0.238 e. The monoisotopic (exact) mass is 325 g/mol. The second-order valence-electron chi connectivity index (χ2n) is 6.25. The van der Waals surface area contributed by atoms with Crippen molar-refractivity contribution in [3.8, 4) is 0 Å². The lowest BCUT2D eigenvalue weighted by Gasteiger charge is -2.34. The number of carbonyl (C=O) groups excluding carboxylic acids is 1. The third kappa shape index (κ3) is 4.29. The molecule has 6 heteroatoms. The number of nitrogens with one attached hydrogen (secondary N) is 1. The fraction of sp³-hybridized carbons (Fsp3) is 0.389. The van der Waals surface area contributed by atoms with E-state index in [1.54, 1.807) is 18.6 Å². The minimum absolute atomic E-state index is 0.0351. The topological polar surface area (TPSA) is 61.4 Å². The molecule has 1 amide bonds. The van der Waals surface area contributed by atoms with Gasteiger partial charge in [-0.25, -0.2) is 4.98 Å². The highest BCUT2D eigenvalue weighted by Gasteiger charge is 2.20. The van der Waals surface area contributed by atoms with Crippen molar-refractivity contribution < 1.29 is 4.79 Å². The van der Waals surface area contributed by atoms with Gasteiger partial charge in [0, 0.05) is 44.3 Å². The average Bonchev–Trinajstić information content (AvgIpc) is 2.55. The van der Waals surface area contributed by atoms with Crippen LogP contribution in [-0.2, 0) is 4.79 Å². The van der Waals surface area contributed by atoms with E-state index in [-0.39, 0.29) is 5.91 Å². The van der Waals surface area contributed by atoms with Gasteiger partial charge in [0.05, 0.1) is 12.7 Å². The van der Waals surface area contributed by atoms with Crippen LogP contribution in [-0.4, -0.2) is 53.5 Å². The molecule has 126 valence electrons. The lowest BCUT2D eigenvalue weighted by molar-refractivity contribution is -0.117. The standard InChI is InChI=1S/C18H23N5O/c1-14-9-15(2)11-16(10-14)21-18(24)13-22-5-7-23(8-6-22)17-12-19-3-4-20-17/h3-4,9-12H,5-8,13H2,1-2H3,(H,21,24). The quantitative estimate of drug-likeness (QED) is 0.930. The van der Waals surface area contributed by atoms with E-state index < -0.39 is 0 Å². The predicted molar refractivity (Wildman–Crippen MR) is 95.2 cm³/mol. The van der Waals surface area contributed by atoms with Crippen molar-refractivity contribution in [2.24, 2.45) is 0 Å². The van der Waals surface area contributed by atoms with Crippen molar-refractivity contribution in [3.63, 3.8) is 0 Å². The van der Waals surface area contributed by atoms with Gasteiger partial charge in [-0.1, -0.05) is 6.07 Å². The highest BCUT2D eigenvalue weighted by molar-refractivity contribution is 5.92. The van der Waals surface area contributed by atoms with E-state index in [2.05, 4.69) is 31.2 Å². The fourth-order valence-corrected chi connectivity index (χ4v) is 3.04. The van der Waals surface area contributed by atoms with Gasteiger partial charge in [0.25, 0.3) is 0 Å². The Bertz CT molecular complexity index is 676. The number of hydrogen-bond donors (Lipinski definition) is 1. The van der Waals surface area contributed by atoms with Gasteiger partial charge < -0.3 is 10.2 Å². The molecule has 1 aliphatic heterocycles. The van der Waals surface area contributed by atoms with Gasteiger partial charge in [-0.3, -0.25) is 14.7 Å². The van der Waals surface area contributed by atoms with Crippen molar-refractivity contribution in [1.82, 2.24) is 14.9 Å². The fourth-order valence-electron chi connectivity index (χ4n) is 3.04. The lowest BCUT2D eigenvalue weighted by Crippen LogP contribution is -2.49. The zero-order valence-corrected chi connectivity index (χ0v) is 14.2. The Labute approximate surface area is 142 Å². The van der Waals surface area contributed by atoms with Crippen LogP contribution in [0.2, 0.25) is 0 Å². The Morgan fingerprint density at radius 3 is 2.42 bits per heavy atom. The number of aryl methyl sites for hydroxylation is 2. The van der Waals surface area contributed by atoms with Crippen molar-refractivity contribution in [2.75, 3.05) is 42.9 Å². The number of piperazine rings is 1. The molecule has 6 nitrogen and oxygen atoms in total. The van der Waals surface area contributed by atoms with Gasteiger partial charge in [-0.05, 0) is 37.1 Å². The minimum atomic E-state index is 0.0351. The van der Waals surface area contributed by atoms with Gasteiger partial charge in [-0.2, -0.15) is 0 Å². The van der Waals surface area contributed by atoms with E-state index in [9.17, 15) is 4.79 Å². The van der Waals surface area contributed by atoms with Gasteiger partial charge in [0.2, 0.25) is 5.91 Å². The molecule has 1 N–H and O–H groups in total. The van der Waals surface area contributed by atoms with Crippen LogP contribution < -0.4 is 10.2 Å². The summed E-state index contributed by atoms with van der Waals surface area (Å²) in [7, 11) is 0. The first-order valence-corrected chi connectivity index (χ1v) is 8.21. The Balaban J connectivity index is 1.50. The van der Waals surface area contributed by atoms with Crippen LogP contribution in [0.5, 0.6) is 0 Å². The highest BCUT2D eigenvalue weighted by atomic mass is 16.2. The number of hydrogen-bond acceptors (Lipinski definition) is 5. The second-order valence-corrected chi connectivity index (χ2v) is 6.25. The first kappa shape index (κ1) is 16.4. The first-order chi connectivity index (χ1) is 11.6. The summed E-state index contributed by atoms with van der Waals surface area (Å²) >= 11 is 0. The number of anilines is 2. The van der Waals surface area contributed by atoms with Gasteiger partial charge >= 0.3 is 0 Å². The van der Waals surface area contributed by atoms with Crippen LogP contribution >= 0.6 is 0 Å². The molecule has 1 saturated heterocycles. The predicted octanol–water partition coefficient (Wildman–Crippen LogP) is 1.85. The van der Waals surface area contributed by atoms with E-state index in [1.807, 2.05) is 26.0 Å². The highest BCUT2D eigenvalue weighted by Crippen LogP contribution is 2.14. The average molecular weight is 325 g/mol. The molecule has 0 unspecified atom stereocenters.